The molecule has 2 aliphatic rings. The Bertz CT molecular complexity index is 820. The molecule has 0 unspecified atom stereocenters. The number of hydrogen-bond acceptors (Lipinski definition) is 5. The van der Waals surface area contributed by atoms with Gasteiger partial charge in [-0.15, -0.1) is 0 Å². The third-order valence-electron chi connectivity index (χ3n) is 4.48. The first-order valence-corrected chi connectivity index (χ1v) is 8.10. The minimum Gasteiger partial charge on any atom is -0.464 e. The summed E-state index contributed by atoms with van der Waals surface area (Å²) in [5.74, 6) is 0.628. The maximum absolute atomic E-state index is 12.6. The molecule has 6 heteroatoms. The van der Waals surface area contributed by atoms with Crippen LogP contribution >= 0.6 is 0 Å². The summed E-state index contributed by atoms with van der Waals surface area (Å²) in [5.41, 5.74) is 0.310. The third-order valence-corrected chi connectivity index (χ3v) is 4.48. The highest BCUT2D eigenvalue weighted by atomic mass is 16.7. The van der Waals surface area contributed by atoms with Crippen LogP contribution in [0.4, 0.5) is 0 Å². The minimum absolute atomic E-state index is 0.191. The summed E-state index contributed by atoms with van der Waals surface area (Å²) in [6.07, 6.45) is 0.764. The Hall–Kier alpha value is -3.02. The van der Waals surface area contributed by atoms with Crippen LogP contribution < -0.4 is 14.8 Å². The summed E-state index contributed by atoms with van der Waals surface area (Å²) >= 11 is 0. The molecule has 2 heterocycles. The molecule has 128 valence electrons. The van der Waals surface area contributed by atoms with Gasteiger partial charge in [0.15, 0.2) is 11.5 Å². The van der Waals surface area contributed by atoms with Crippen LogP contribution in [0.2, 0.25) is 0 Å². The minimum atomic E-state index is -1.07. The molecule has 0 bridgehead atoms. The van der Waals surface area contributed by atoms with Crippen molar-refractivity contribution in [3.05, 3.63) is 59.7 Å². The van der Waals surface area contributed by atoms with Crippen LogP contribution in [0.5, 0.6) is 11.5 Å². The maximum Gasteiger partial charge on any atom is 0.332 e. The molecule has 2 aromatic carbocycles. The van der Waals surface area contributed by atoms with Crippen LogP contribution in [0.25, 0.3) is 0 Å². The number of amides is 1. The second-order valence-corrected chi connectivity index (χ2v) is 6.15. The number of nitrogens with one attached hydrogen (secondary N) is 1. The van der Waals surface area contributed by atoms with Gasteiger partial charge in [0.2, 0.25) is 6.79 Å². The standard InChI is InChI=1S/C19H17NO5/c21-17(14-4-2-1-3-5-14)20-19(8-9-23-18(19)22)11-13-6-7-15-16(10-13)25-12-24-15/h1-7,10H,8-9,11-12H2,(H,20,21)/t19-/m0/s1. The van der Waals surface area contributed by atoms with Gasteiger partial charge in [0, 0.05) is 18.4 Å². The van der Waals surface area contributed by atoms with Crippen LogP contribution in [0, 0.1) is 0 Å². The van der Waals surface area contributed by atoms with Crippen LogP contribution in [0.1, 0.15) is 22.3 Å². The zero-order chi connectivity index (χ0) is 17.3. The molecule has 0 saturated carbocycles. The van der Waals surface area contributed by atoms with Gasteiger partial charge in [0.25, 0.3) is 5.91 Å². The van der Waals surface area contributed by atoms with Crippen molar-refractivity contribution in [2.45, 2.75) is 18.4 Å². The van der Waals surface area contributed by atoms with E-state index in [1.54, 1.807) is 24.3 Å². The normalized spacial score (nSPS) is 21.0. The number of cyclic esters (lactones) is 1. The van der Waals surface area contributed by atoms with E-state index in [9.17, 15) is 9.59 Å². The van der Waals surface area contributed by atoms with Crippen molar-refractivity contribution in [3.63, 3.8) is 0 Å². The summed E-state index contributed by atoms with van der Waals surface area (Å²) in [5, 5.41) is 2.89. The Kier molecular flexibility index (Phi) is 3.80. The van der Waals surface area contributed by atoms with Gasteiger partial charge in [-0.3, -0.25) is 4.79 Å². The van der Waals surface area contributed by atoms with Crippen LogP contribution in [0.15, 0.2) is 48.5 Å². The van der Waals surface area contributed by atoms with Crippen molar-refractivity contribution in [2.24, 2.45) is 0 Å². The van der Waals surface area contributed by atoms with Gasteiger partial charge in [-0.25, -0.2) is 4.79 Å². The average molecular weight is 339 g/mol. The van der Waals surface area contributed by atoms with E-state index in [1.807, 2.05) is 24.3 Å². The Labute approximate surface area is 144 Å². The van der Waals surface area contributed by atoms with Gasteiger partial charge in [0.1, 0.15) is 5.54 Å². The van der Waals surface area contributed by atoms with E-state index >= 15 is 0 Å². The molecular weight excluding hydrogens is 322 g/mol. The lowest BCUT2D eigenvalue weighted by Gasteiger charge is -2.26. The molecule has 1 amide bonds. The van der Waals surface area contributed by atoms with Crippen LogP contribution in [0.3, 0.4) is 0 Å². The molecule has 0 spiro atoms. The van der Waals surface area contributed by atoms with Crippen molar-refractivity contribution in [1.82, 2.24) is 5.32 Å². The number of ether oxygens (including phenoxy) is 3. The van der Waals surface area contributed by atoms with E-state index in [0.29, 0.717) is 36.5 Å². The van der Waals surface area contributed by atoms with Gasteiger partial charge >= 0.3 is 5.97 Å². The molecular formula is C19H17NO5. The van der Waals surface area contributed by atoms with E-state index < -0.39 is 11.5 Å². The predicted molar refractivity (Wildman–Crippen MR) is 88.5 cm³/mol. The molecule has 25 heavy (non-hydrogen) atoms. The van der Waals surface area contributed by atoms with Crippen LogP contribution in [-0.2, 0) is 16.0 Å². The lowest BCUT2D eigenvalue weighted by Crippen LogP contribution is -2.53. The van der Waals surface area contributed by atoms with E-state index in [-0.39, 0.29) is 12.7 Å². The Morgan fingerprint density at radius 2 is 1.84 bits per heavy atom. The molecule has 1 N–H and O–H groups in total. The van der Waals surface area contributed by atoms with Gasteiger partial charge in [-0.05, 0) is 29.8 Å². The molecule has 1 fully saturated rings. The smallest absolute Gasteiger partial charge is 0.332 e. The largest absolute Gasteiger partial charge is 0.464 e. The molecule has 2 aliphatic heterocycles. The third kappa shape index (κ3) is 2.91. The molecule has 0 radical (unpaired) electrons. The van der Waals surface area contributed by atoms with Crippen molar-refractivity contribution in [2.75, 3.05) is 13.4 Å². The van der Waals surface area contributed by atoms with Gasteiger partial charge in [-0.2, -0.15) is 0 Å². The summed E-state index contributed by atoms with van der Waals surface area (Å²) in [4.78, 5) is 25.0. The topological polar surface area (TPSA) is 73.9 Å². The fourth-order valence-corrected chi connectivity index (χ4v) is 3.15. The number of esters is 1. The predicted octanol–water partition coefficient (Wildman–Crippen LogP) is 2.07. The highest BCUT2D eigenvalue weighted by Gasteiger charge is 2.46. The lowest BCUT2D eigenvalue weighted by atomic mass is 9.88. The van der Waals surface area contributed by atoms with Gasteiger partial charge in [-0.1, -0.05) is 24.3 Å². The number of fused-ring (bicyclic) bond motifs is 1. The summed E-state index contributed by atoms with van der Waals surface area (Å²) < 4.78 is 15.9. The first-order valence-electron chi connectivity index (χ1n) is 8.10. The molecule has 4 rings (SSSR count). The quantitative estimate of drug-likeness (QED) is 0.863. The second kappa shape index (κ2) is 6.12. The molecule has 2 aromatic rings. The molecule has 0 aromatic heterocycles. The SMILES string of the molecule is O=C(N[C@]1(Cc2ccc3c(c2)OCO3)CCOC1=O)c1ccccc1. The van der Waals surface area contributed by atoms with Crippen molar-refractivity contribution in [3.8, 4) is 11.5 Å². The first kappa shape index (κ1) is 15.5. The fourth-order valence-electron chi connectivity index (χ4n) is 3.15. The van der Waals surface area contributed by atoms with Crippen molar-refractivity contribution < 1.29 is 23.8 Å². The Morgan fingerprint density at radius 1 is 1.04 bits per heavy atom. The summed E-state index contributed by atoms with van der Waals surface area (Å²) in [6, 6.07) is 14.3. The number of carbonyl (C=O) groups is 2. The van der Waals surface area contributed by atoms with E-state index in [0.717, 1.165) is 5.56 Å². The maximum atomic E-state index is 12.6. The zero-order valence-electron chi connectivity index (χ0n) is 13.5. The Balaban J connectivity index is 1.59. The highest BCUT2D eigenvalue weighted by molar-refractivity contribution is 5.98. The molecule has 1 saturated heterocycles. The number of carbonyl (C=O) groups excluding carboxylic acids is 2. The number of benzene rings is 2. The summed E-state index contributed by atoms with van der Waals surface area (Å²) in [7, 11) is 0. The zero-order valence-corrected chi connectivity index (χ0v) is 13.5. The first-order chi connectivity index (χ1) is 12.2. The van der Waals surface area contributed by atoms with E-state index in [4.69, 9.17) is 14.2 Å². The van der Waals surface area contributed by atoms with Gasteiger partial charge in [0.05, 0.1) is 6.61 Å². The fraction of sp³-hybridized carbons (Fsp3) is 0.263. The number of rotatable bonds is 4. The van der Waals surface area contributed by atoms with Crippen molar-refractivity contribution >= 4 is 11.9 Å². The molecule has 6 nitrogen and oxygen atoms in total. The summed E-state index contributed by atoms with van der Waals surface area (Å²) in [6.45, 7) is 0.481. The van der Waals surface area contributed by atoms with Gasteiger partial charge < -0.3 is 19.5 Å². The number of hydrogen-bond donors (Lipinski definition) is 1. The monoisotopic (exact) mass is 339 g/mol. The Morgan fingerprint density at radius 3 is 2.60 bits per heavy atom. The highest BCUT2D eigenvalue weighted by Crippen LogP contribution is 2.34. The van der Waals surface area contributed by atoms with Crippen molar-refractivity contribution in [1.29, 1.82) is 0 Å². The molecule has 0 aliphatic carbocycles. The molecule has 1 atom stereocenters. The van der Waals surface area contributed by atoms with E-state index in [1.165, 1.54) is 0 Å². The van der Waals surface area contributed by atoms with Crippen LogP contribution in [-0.4, -0.2) is 30.8 Å². The second-order valence-electron chi connectivity index (χ2n) is 6.15. The lowest BCUT2D eigenvalue weighted by molar-refractivity contribution is -0.143. The average Bonchev–Trinajstić information content (AvgIpc) is 3.23. The van der Waals surface area contributed by atoms with E-state index in [2.05, 4.69) is 5.32 Å².